The first-order valence-electron chi connectivity index (χ1n) is 6.57. The Morgan fingerprint density at radius 1 is 1.28 bits per heavy atom. The van der Waals surface area contributed by atoms with Crippen molar-refractivity contribution in [3.8, 4) is 0 Å². The van der Waals surface area contributed by atoms with Crippen LogP contribution in [0, 0.1) is 5.41 Å². The summed E-state index contributed by atoms with van der Waals surface area (Å²) in [6.07, 6.45) is 5.74. The molecule has 0 fully saturated rings. The number of halogens is 1. The normalized spacial score (nSPS) is 22.6. The second kappa shape index (κ2) is 6.16. The Morgan fingerprint density at radius 2 is 2.00 bits per heavy atom. The van der Waals surface area contributed by atoms with Crippen LogP contribution in [0.25, 0.3) is 0 Å². The minimum atomic E-state index is 0.227. The average Bonchev–Trinajstić information content (AvgIpc) is 2.27. The third-order valence-corrected chi connectivity index (χ3v) is 4.60. The fourth-order valence-corrected chi connectivity index (χ4v) is 4.12. The van der Waals surface area contributed by atoms with Crippen LogP contribution in [-0.2, 0) is 0 Å². The van der Waals surface area contributed by atoms with Crippen LogP contribution in [0.4, 0.5) is 0 Å². The molecule has 0 N–H and O–H groups in total. The summed E-state index contributed by atoms with van der Waals surface area (Å²) < 4.78 is 0. The number of hydrogen-bond acceptors (Lipinski definition) is 1. The van der Waals surface area contributed by atoms with Gasteiger partial charge in [0.1, 0.15) is 0 Å². The first-order chi connectivity index (χ1) is 8.55. The molecule has 0 nitrogen and oxygen atoms in total. The van der Waals surface area contributed by atoms with Crippen LogP contribution in [0.1, 0.15) is 33.1 Å². The van der Waals surface area contributed by atoms with E-state index < -0.39 is 0 Å². The first kappa shape index (κ1) is 14.0. The monoisotopic (exact) mass is 280 g/mol. The Hall–Kier alpha value is -0.400. The van der Waals surface area contributed by atoms with E-state index in [4.69, 9.17) is 11.6 Å². The number of benzene rings is 1. The zero-order valence-electron chi connectivity index (χ0n) is 11.2. The zero-order valence-corrected chi connectivity index (χ0v) is 12.7. The molecule has 1 aromatic carbocycles. The van der Waals surface area contributed by atoms with Crippen LogP contribution in [0.5, 0.6) is 0 Å². The molecule has 0 saturated carbocycles. The number of rotatable bonds is 4. The van der Waals surface area contributed by atoms with Gasteiger partial charge in [-0.1, -0.05) is 43.7 Å². The molecule has 0 spiro atoms. The van der Waals surface area contributed by atoms with Crippen molar-refractivity contribution in [2.75, 3.05) is 5.75 Å². The highest BCUT2D eigenvalue weighted by Gasteiger charge is 2.27. The lowest BCUT2D eigenvalue weighted by atomic mass is 9.76. The van der Waals surface area contributed by atoms with Crippen molar-refractivity contribution < 1.29 is 0 Å². The van der Waals surface area contributed by atoms with Gasteiger partial charge in [0.15, 0.2) is 0 Å². The summed E-state index contributed by atoms with van der Waals surface area (Å²) in [5, 5.41) is 0.227. The van der Waals surface area contributed by atoms with Crippen LogP contribution in [0.15, 0.2) is 46.9 Å². The van der Waals surface area contributed by atoms with E-state index in [0.717, 1.165) is 18.6 Å². The van der Waals surface area contributed by atoms with Gasteiger partial charge in [-0.25, -0.2) is 0 Å². The van der Waals surface area contributed by atoms with Gasteiger partial charge < -0.3 is 0 Å². The van der Waals surface area contributed by atoms with E-state index in [0.29, 0.717) is 5.41 Å². The predicted octanol–water partition coefficient (Wildman–Crippen LogP) is 5.52. The summed E-state index contributed by atoms with van der Waals surface area (Å²) in [6.45, 7) is 4.64. The highest BCUT2D eigenvalue weighted by molar-refractivity contribution is 7.99. The molecule has 18 heavy (non-hydrogen) atoms. The van der Waals surface area contributed by atoms with Gasteiger partial charge in [0, 0.05) is 10.6 Å². The third-order valence-electron chi connectivity index (χ3n) is 3.30. The molecule has 2 heteroatoms. The maximum absolute atomic E-state index is 6.31. The summed E-state index contributed by atoms with van der Waals surface area (Å²) in [6, 6.07) is 10.6. The quantitative estimate of drug-likeness (QED) is 0.397. The van der Waals surface area contributed by atoms with Crippen LogP contribution in [0.2, 0.25) is 0 Å². The van der Waals surface area contributed by atoms with E-state index in [-0.39, 0.29) is 5.38 Å². The lowest BCUT2D eigenvalue weighted by Gasteiger charge is -2.32. The minimum Gasteiger partial charge on any atom is -0.126 e. The van der Waals surface area contributed by atoms with Gasteiger partial charge in [-0.05, 0) is 36.8 Å². The topological polar surface area (TPSA) is 0 Å². The lowest BCUT2D eigenvalue weighted by molar-refractivity contribution is 0.320. The standard InChI is InChI=1S/C16H21ClS/c1-16(2)11-13(10-14(17)12-16)8-9-18-15-6-4-3-5-7-15/h3-7,10,14H,8-9,11-12H2,1-2H3. The second-order valence-electron chi connectivity index (χ2n) is 5.80. The number of hydrogen-bond donors (Lipinski definition) is 0. The Kier molecular flexibility index (Phi) is 4.80. The summed E-state index contributed by atoms with van der Waals surface area (Å²) in [5.74, 6) is 1.15. The first-order valence-corrected chi connectivity index (χ1v) is 7.99. The van der Waals surface area contributed by atoms with Crippen LogP contribution < -0.4 is 0 Å². The molecule has 1 aliphatic rings. The molecule has 0 saturated heterocycles. The van der Waals surface area contributed by atoms with Crippen molar-refractivity contribution in [2.45, 2.75) is 43.4 Å². The number of thioether (sulfide) groups is 1. The van der Waals surface area contributed by atoms with Gasteiger partial charge >= 0.3 is 0 Å². The molecule has 0 amide bonds. The molecule has 2 rings (SSSR count). The van der Waals surface area contributed by atoms with Crippen molar-refractivity contribution >= 4 is 23.4 Å². The summed E-state index contributed by atoms with van der Waals surface area (Å²) in [4.78, 5) is 1.36. The molecule has 98 valence electrons. The molecule has 1 aromatic rings. The summed E-state index contributed by atoms with van der Waals surface area (Å²) in [5.41, 5.74) is 1.91. The van der Waals surface area contributed by atoms with Gasteiger partial charge in [0.2, 0.25) is 0 Å². The molecule has 0 aromatic heterocycles. The maximum Gasteiger partial charge on any atom is 0.0523 e. The van der Waals surface area contributed by atoms with Gasteiger partial charge in [0.05, 0.1) is 5.38 Å². The van der Waals surface area contributed by atoms with Crippen molar-refractivity contribution in [1.29, 1.82) is 0 Å². The van der Waals surface area contributed by atoms with E-state index in [9.17, 15) is 0 Å². The Balaban J connectivity index is 1.83. The van der Waals surface area contributed by atoms with Crippen molar-refractivity contribution in [1.82, 2.24) is 0 Å². The summed E-state index contributed by atoms with van der Waals surface area (Å²) in [7, 11) is 0. The number of allylic oxidation sites excluding steroid dienone is 2. The highest BCUT2D eigenvalue weighted by Crippen LogP contribution is 2.39. The molecule has 1 unspecified atom stereocenters. The number of alkyl halides is 1. The third kappa shape index (κ3) is 4.37. The molecule has 1 atom stereocenters. The molecule has 0 bridgehead atoms. The summed E-state index contributed by atoms with van der Waals surface area (Å²) >= 11 is 8.24. The smallest absolute Gasteiger partial charge is 0.0523 e. The Morgan fingerprint density at radius 3 is 2.67 bits per heavy atom. The van der Waals surface area contributed by atoms with Gasteiger partial charge in [-0.15, -0.1) is 23.4 Å². The van der Waals surface area contributed by atoms with Gasteiger partial charge in [0.25, 0.3) is 0 Å². The van der Waals surface area contributed by atoms with Crippen LogP contribution in [0.3, 0.4) is 0 Å². The van der Waals surface area contributed by atoms with E-state index in [2.05, 4.69) is 50.3 Å². The fourth-order valence-electron chi connectivity index (χ4n) is 2.58. The average molecular weight is 281 g/mol. The minimum absolute atomic E-state index is 0.227. The van der Waals surface area contributed by atoms with E-state index in [1.807, 2.05) is 11.8 Å². The van der Waals surface area contributed by atoms with Crippen molar-refractivity contribution in [3.63, 3.8) is 0 Å². The SMILES string of the molecule is CC1(C)CC(CCSc2ccccc2)=CC(Cl)C1. The van der Waals surface area contributed by atoms with E-state index in [1.54, 1.807) is 0 Å². The molecule has 0 heterocycles. The molecular weight excluding hydrogens is 260 g/mol. The molecular formula is C16H21ClS. The maximum atomic E-state index is 6.31. The Bertz CT molecular complexity index is 408. The molecule has 1 aliphatic carbocycles. The Labute approximate surface area is 120 Å². The predicted molar refractivity (Wildman–Crippen MR) is 82.5 cm³/mol. The van der Waals surface area contributed by atoms with Crippen LogP contribution >= 0.6 is 23.4 Å². The van der Waals surface area contributed by atoms with Crippen molar-refractivity contribution in [3.05, 3.63) is 42.0 Å². The van der Waals surface area contributed by atoms with Crippen LogP contribution in [-0.4, -0.2) is 11.1 Å². The van der Waals surface area contributed by atoms with Gasteiger partial charge in [-0.2, -0.15) is 0 Å². The van der Waals surface area contributed by atoms with Crippen molar-refractivity contribution in [2.24, 2.45) is 5.41 Å². The van der Waals surface area contributed by atoms with E-state index >= 15 is 0 Å². The fraction of sp³-hybridized carbons (Fsp3) is 0.500. The zero-order chi connectivity index (χ0) is 13.0. The lowest BCUT2D eigenvalue weighted by Crippen LogP contribution is -2.22. The molecule has 0 radical (unpaired) electrons. The largest absolute Gasteiger partial charge is 0.126 e. The second-order valence-corrected chi connectivity index (χ2v) is 7.53. The van der Waals surface area contributed by atoms with Gasteiger partial charge in [-0.3, -0.25) is 0 Å². The van der Waals surface area contributed by atoms with E-state index in [1.165, 1.54) is 16.9 Å². The molecule has 0 aliphatic heterocycles. The highest BCUT2D eigenvalue weighted by atomic mass is 35.5.